The average Bonchev–Trinajstić information content (AvgIpc) is 2.89. The van der Waals surface area contributed by atoms with Crippen LogP contribution in [-0.2, 0) is 9.53 Å². The molecule has 0 spiro atoms. The number of hydrogen-bond acceptors (Lipinski definition) is 3. The van der Waals surface area contributed by atoms with Gasteiger partial charge in [0.1, 0.15) is 0 Å². The second-order valence-corrected chi connectivity index (χ2v) is 5.31. The fourth-order valence-electron chi connectivity index (χ4n) is 2.26. The second kappa shape index (κ2) is 9.58. The van der Waals surface area contributed by atoms with Gasteiger partial charge in [0.15, 0.2) is 0 Å². The van der Waals surface area contributed by atoms with Gasteiger partial charge in [0.25, 0.3) is 0 Å². The Kier molecular flexibility index (Phi) is 8.02. The molecule has 1 saturated heterocycles. The Morgan fingerprint density at radius 3 is 2.70 bits per heavy atom. The highest BCUT2D eigenvalue weighted by Gasteiger charge is 2.19. The fraction of sp³-hybridized carbons (Fsp3) is 0.857. The molecule has 1 heterocycles. The van der Waals surface area contributed by atoms with Gasteiger partial charge in [-0.3, -0.25) is 4.79 Å². The van der Waals surface area contributed by atoms with E-state index in [4.69, 9.17) is 9.84 Å². The van der Waals surface area contributed by atoms with Crippen LogP contribution in [0.4, 0.5) is 4.79 Å². The van der Waals surface area contributed by atoms with Crippen molar-refractivity contribution < 1.29 is 19.4 Å². The summed E-state index contributed by atoms with van der Waals surface area (Å²) in [6, 6.07) is -0.0639. The maximum absolute atomic E-state index is 11.8. The number of urea groups is 1. The van der Waals surface area contributed by atoms with E-state index in [9.17, 15) is 9.59 Å². The molecule has 6 heteroatoms. The number of nitrogens with one attached hydrogen (secondary N) is 1. The van der Waals surface area contributed by atoms with Crippen LogP contribution < -0.4 is 5.32 Å². The maximum Gasteiger partial charge on any atom is 0.317 e. The van der Waals surface area contributed by atoms with Crippen molar-refractivity contribution in [1.82, 2.24) is 10.2 Å². The van der Waals surface area contributed by atoms with E-state index in [1.54, 1.807) is 11.9 Å². The van der Waals surface area contributed by atoms with Gasteiger partial charge in [-0.2, -0.15) is 0 Å². The van der Waals surface area contributed by atoms with Crippen LogP contribution in [0.1, 0.15) is 44.9 Å². The predicted molar refractivity (Wildman–Crippen MR) is 75.7 cm³/mol. The molecule has 1 rings (SSSR count). The summed E-state index contributed by atoms with van der Waals surface area (Å²) in [5, 5.41) is 11.4. The van der Waals surface area contributed by atoms with Crippen LogP contribution in [0.15, 0.2) is 0 Å². The fourth-order valence-corrected chi connectivity index (χ4v) is 2.26. The van der Waals surface area contributed by atoms with Crippen molar-refractivity contribution in [3.8, 4) is 0 Å². The highest BCUT2D eigenvalue weighted by molar-refractivity contribution is 5.73. The summed E-state index contributed by atoms with van der Waals surface area (Å²) >= 11 is 0. The first kappa shape index (κ1) is 16.8. The van der Waals surface area contributed by atoms with Crippen LogP contribution in [0.2, 0.25) is 0 Å². The number of carbonyl (C=O) groups excluding carboxylic acids is 1. The Morgan fingerprint density at radius 1 is 1.30 bits per heavy atom. The van der Waals surface area contributed by atoms with Gasteiger partial charge >= 0.3 is 12.0 Å². The van der Waals surface area contributed by atoms with Crippen LogP contribution in [0, 0.1) is 0 Å². The zero-order valence-electron chi connectivity index (χ0n) is 12.3. The van der Waals surface area contributed by atoms with Crippen LogP contribution in [0.3, 0.4) is 0 Å². The molecular formula is C14H26N2O4. The number of likely N-dealkylation sites (N-methyl/N-ethyl adjacent to an activating group) is 1. The van der Waals surface area contributed by atoms with E-state index in [0.717, 1.165) is 38.7 Å². The molecule has 2 N–H and O–H groups in total. The number of hydrogen-bond donors (Lipinski definition) is 2. The first-order valence-corrected chi connectivity index (χ1v) is 7.42. The van der Waals surface area contributed by atoms with E-state index in [1.807, 2.05) is 0 Å². The minimum atomic E-state index is -0.742. The first-order valence-electron chi connectivity index (χ1n) is 7.42. The average molecular weight is 286 g/mol. The number of carboxylic acid groups (broad SMARTS) is 1. The molecule has 1 aliphatic heterocycles. The van der Waals surface area contributed by atoms with E-state index >= 15 is 0 Å². The standard InChI is InChI=1S/C14H26N2O4/c1-16(11-12-7-6-10-20-12)14(19)15-9-5-3-2-4-8-13(17)18/h12H,2-11H2,1H3,(H,15,19)(H,17,18). The highest BCUT2D eigenvalue weighted by atomic mass is 16.5. The highest BCUT2D eigenvalue weighted by Crippen LogP contribution is 2.12. The zero-order chi connectivity index (χ0) is 14.8. The molecular weight excluding hydrogens is 260 g/mol. The third kappa shape index (κ3) is 7.33. The molecule has 6 nitrogen and oxygen atoms in total. The topological polar surface area (TPSA) is 78.9 Å². The van der Waals surface area contributed by atoms with Gasteiger partial charge in [0, 0.05) is 33.2 Å². The van der Waals surface area contributed by atoms with Crippen LogP contribution >= 0.6 is 0 Å². The summed E-state index contributed by atoms with van der Waals surface area (Å²) in [6.07, 6.45) is 5.97. The lowest BCUT2D eigenvalue weighted by molar-refractivity contribution is -0.137. The predicted octanol–water partition coefficient (Wildman–Crippen LogP) is 1.84. The number of nitrogens with zero attached hydrogens (tertiary/aromatic N) is 1. The van der Waals surface area contributed by atoms with Gasteiger partial charge in [-0.25, -0.2) is 4.79 Å². The van der Waals surface area contributed by atoms with E-state index in [0.29, 0.717) is 19.5 Å². The minimum Gasteiger partial charge on any atom is -0.481 e. The summed E-state index contributed by atoms with van der Waals surface area (Å²) in [6.45, 7) is 2.09. The van der Waals surface area contributed by atoms with Gasteiger partial charge < -0.3 is 20.1 Å². The molecule has 1 fully saturated rings. The van der Waals surface area contributed by atoms with Gasteiger partial charge in [0.05, 0.1) is 6.10 Å². The largest absolute Gasteiger partial charge is 0.481 e. The van der Waals surface area contributed by atoms with Crippen LogP contribution in [0.5, 0.6) is 0 Å². The van der Waals surface area contributed by atoms with Gasteiger partial charge in [-0.05, 0) is 25.7 Å². The van der Waals surface area contributed by atoms with Gasteiger partial charge in [-0.15, -0.1) is 0 Å². The second-order valence-electron chi connectivity index (χ2n) is 5.31. The van der Waals surface area contributed by atoms with Crippen molar-refractivity contribution in [1.29, 1.82) is 0 Å². The Bertz CT molecular complexity index is 304. The molecule has 0 aliphatic carbocycles. The van der Waals surface area contributed by atoms with Crippen molar-refractivity contribution in [2.75, 3.05) is 26.7 Å². The van der Waals surface area contributed by atoms with E-state index in [2.05, 4.69) is 5.32 Å². The summed E-state index contributed by atoms with van der Waals surface area (Å²) < 4.78 is 5.49. The Labute approximate surface area is 120 Å². The lowest BCUT2D eigenvalue weighted by Gasteiger charge is -2.21. The lowest BCUT2D eigenvalue weighted by Crippen LogP contribution is -2.41. The molecule has 2 amide bonds. The molecule has 1 unspecified atom stereocenters. The third-order valence-electron chi connectivity index (χ3n) is 3.44. The number of carboxylic acids is 1. The number of amides is 2. The molecule has 0 radical (unpaired) electrons. The summed E-state index contributed by atoms with van der Waals surface area (Å²) in [5.41, 5.74) is 0. The quantitative estimate of drug-likeness (QED) is 0.634. The Morgan fingerprint density at radius 2 is 2.05 bits per heavy atom. The number of aliphatic carboxylic acids is 1. The van der Waals surface area contributed by atoms with E-state index < -0.39 is 5.97 Å². The lowest BCUT2D eigenvalue weighted by atomic mass is 10.1. The van der Waals surface area contributed by atoms with Crippen molar-refractivity contribution in [3.63, 3.8) is 0 Å². The molecule has 1 atom stereocenters. The molecule has 20 heavy (non-hydrogen) atoms. The van der Waals surface area contributed by atoms with Gasteiger partial charge in [-0.1, -0.05) is 12.8 Å². The molecule has 116 valence electrons. The smallest absolute Gasteiger partial charge is 0.317 e. The monoisotopic (exact) mass is 286 g/mol. The molecule has 0 bridgehead atoms. The van der Waals surface area contributed by atoms with Crippen molar-refractivity contribution >= 4 is 12.0 Å². The molecule has 0 aromatic rings. The van der Waals surface area contributed by atoms with Crippen molar-refractivity contribution in [2.24, 2.45) is 0 Å². The summed E-state index contributed by atoms with van der Waals surface area (Å²) in [7, 11) is 1.78. The number of unbranched alkanes of at least 4 members (excludes halogenated alkanes) is 3. The minimum absolute atomic E-state index is 0.0639. The van der Waals surface area contributed by atoms with Crippen molar-refractivity contribution in [2.45, 2.75) is 51.0 Å². The molecule has 0 aromatic carbocycles. The van der Waals surface area contributed by atoms with Crippen molar-refractivity contribution in [3.05, 3.63) is 0 Å². The van der Waals surface area contributed by atoms with Crippen LogP contribution in [0.25, 0.3) is 0 Å². The Hall–Kier alpha value is -1.30. The summed E-state index contributed by atoms with van der Waals surface area (Å²) in [4.78, 5) is 23.8. The maximum atomic E-state index is 11.8. The first-order chi connectivity index (χ1) is 9.59. The number of carbonyl (C=O) groups is 2. The van der Waals surface area contributed by atoms with E-state index in [-0.39, 0.29) is 18.6 Å². The zero-order valence-corrected chi connectivity index (χ0v) is 12.3. The summed E-state index contributed by atoms with van der Waals surface area (Å²) in [5.74, 6) is -0.742. The molecule has 1 aliphatic rings. The number of ether oxygens (including phenoxy) is 1. The number of rotatable bonds is 9. The SMILES string of the molecule is CN(CC1CCCO1)C(=O)NCCCCCCC(=O)O. The van der Waals surface area contributed by atoms with Gasteiger partial charge in [0.2, 0.25) is 0 Å². The van der Waals surface area contributed by atoms with Crippen LogP contribution in [-0.4, -0.2) is 54.9 Å². The Balaban J connectivity index is 1.97. The normalized spacial score (nSPS) is 17.9. The van der Waals surface area contributed by atoms with E-state index in [1.165, 1.54) is 0 Å². The third-order valence-corrected chi connectivity index (χ3v) is 3.44. The molecule has 0 saturated carbocycles. The molecule has 0 aromatic heterocycles.